The van der Waals surface area contributed by atoms with Crippen LogP contribution in [-0.2, 0) is 19.8 Å². The van der Waals surface area contributed by atoms with Gasteiger partial charge < -0.3 is 5.32 Å². The molecule has 1 aromatic rings. The fraction of sp³-hybridized carbons (Fsp3) is 0.476. The summed E-state index contributed by atoms with van der Waals surface area (Å²) in [6, 6.07) is 7.76. The van der Waals surface area contributed by atoms with Gasteiger partial charge in [-0.15, -0.1) is 0 Å². The summed E-state index contributed by atoms with van der Waals surface area (Å²) in [6.07, 6.45) is 5.29. The Hall–Kier alpha value is -2.43. The third kappa shape index (κ3) is 3.71. The van der Waals surface area contributed by atoms with Gasteiger partial charge in [-0.1, -0.05) is 45.1 Å². The Kier molecular flexibility index (Phi) is 4.99. The minimum atomic E-state index is -0.236. The Morgan fingerprint density at radius 2 is 1.58 bits per heavy atom. The number of likely N-dealkylation sites (tertiary alicyclic amines) is 1. The molecule has 1 fully saturated rings. The van der Waals surface area contributed by atoms with Gasteiger partial charge in [-0.25, -0.2) is 0 Å². The first kappa shape index (κ1) is 18.4. The topological polar surface area (TPSA) is 66.5 Å². The second-order valence-electron chi connectivity index (χ2n) is 8.11. The van der Waals surface area contributed by atoms with Crippen LogP contribution in [0, 0.1) is 11.8 Å². The number of rotatable bonds is 4. The molecule has 1 heterocycles. The maximum atomic E-state index is 12.4. The van der Waals surface area contributed by atoms with Gasteiger partial charge in [-0.05, 0) is 36.0 Å². The van der Waals surface area contributed by atoms with Crippen molar-refractivity contribution in [1.82, 2.24) is 4.90 Å². The summed E-state index contributed by atoms with van der Waals surface area (Å²) >= 11 is 0. The van der Waals surface area contributed by atoms with Crippen molar-refractivity contribution in [2.24, 2.45) is 11.8 Å². The molecule has 3 rings (SSSR count). The third-order valence-corrected chi connectivity index (χ3v) is 5.20. The Bertz CT molecular complexity index is 718. The van der Waals surface area contributed by atoms with Crippen molar-refractivity contribution >= 4 is 23.4 Å². The van der Waals surface area contributed by atoms with E-state index in [1.807, 2.05) is 36.4 Å². The Labute approximate surface area is 154 Å². The van der Waals surface area contributed by atoms with Gasteiger partial charge in [0.25, 0.3) is 0 Å². The van der Waals surface area contributed by atoms with Gasteiger partial charge in [-0.3, -0.25) is 19.3 Å². The van der Waals surface area contributed by atoms with Crippen LogP contribution in [0.1, 0.15) is 45.6 Å². The molecule has 26 heavy (non-hydrogen) atoms. The van der Waals surface area contributed by atoms with Crippen molar-refractivity contribution in [3.63, 3.8) is 0 Å². The van der Waals surface area contributed by atoms with Crippen molar-refractivity contribution < 1.29 is 14.4 Å². The van der Waals surface area contributed by atoms with Gasteiger partial charge in [0.15, 0.2) is 0 Å². The second kappa shape index (κ2) is 7.06. The molecule has 138 valence electrons. The van der Waals surface area contributed by atoms with Crippen LogP contribution < -0.4 is 5.32 Å². The number of nitrogens with one attached hydrogen (secondary N) is 1. The number of hydrogen-bond donors (Lipinski definition) is 1. The zero-order valence-electron chi connectivity index (χ0n) is 15.6. The molecule has 3 amide bonds. The van der Waals surface area contributed by atoms with E-state index in [-0.39, 0.29) is 47.9 Å². The highest BCUT2D eigenvalue weighted by molar-refractivity contribution is 6.05. The van der Waals surface area contributed by atoms with Crippen LogP contribution in [0.5, 0.6) is 0 Å². The van der Waals surface area contributed by atoms with Gasteiger partial charge in [0, 0.05) is 18.7 Å². The summed E-state index contributed by atoms with van der Waals surface area (Å²) in [5.74, 6) is -0.929. The highest BCUT2D eigenvalue weighted by atomic mass is 16.2. The zero-order chi connectivity index (χ0) is 18.9. The van der Waals surface area contributed by atoms with Gasteiger partial charge in [0.1, 0.15) is 0 Å². The Balaban J connectivity index is 1.54. The first-order chi connectivity index (χ1) is 12.3. The Morgan fingerprint density at radius 1 is 1.04 bits per heavy atom. The number of benzene rings is 1. The average Bonchev–Trinajstić information content (AvgIpc) is 2.84. The number of nitrogens with zero attached hydrogens (tertiary/aromatic N) is 1. The van der Waals surface area contributed by atoms with E-state index >= 15 is 0 Å². The molecule has 0 saturated carbocycles. The summed E-state index contributed by atoms with van der Waals surface area (Å²) < 4.78 is 0. The molecule has 0 unspecified atom stereocenters. The van der Waals surface area contributed by atoms with Crippen molar-refractivity contribution in [3.8, 4) is 0 Å². The van der Waals surface area contributed by atoms with E-state index in [9.17, 15) is 14.4 Å². The monoisotopic (exact) mass is 354 g/mol. The molecule has 0 spiro atoms. The summed E-state index contributed by atoms with van der Waals surface area (Å²) in [5, 5.41) is 2.84. The smallest absolute Gasteiger partial charge is 0.233 e. The van der Waals surface area contributed by atoms with Crippen molar-refractivity contribution in [2.45, 2.75) is 45.4 Å². The number of carbonyl (C=O) groups is 3. The first-order valence-electron chi connectivity index (χ1n) is 9.18. The molecule has 2 aliphatic rings. The number of imide groups is 1. The van der Waals surface area contributed by atoms with Crippen LogP contribution in [-0.4, -0.2) is 29.2 Å². The average molecular weight is 354 g/mol. The highest BCUT2D eigenvalue weighted by Gasteiger charge is 2.46. The second-order valence-corrected chi connectivity index (χ2v) is 8.11. The minimum Gasteiger partial charge on any atom is -0.326 e. The minimum absolute atomic E-state index is 0.0602. The number of amides is 3. The predicted octanol–water partition coefficient (Wildman–Crippen LogP) is 3.26. The zero-order valence-corrected chi connectivity index (χ0v) is 15.6. The van der Waals surface area contributed by atoms with Crippen LogP contribution in [0.25, 0.3) is 0 Å². The van der Waals surface area contributed by atoms with E-state index in [0.29, 0.717) is 12.8 Å². The molecular weight excluding hydrogens is 328 g/mol. The molecule has 1 aromatic carbocycles. The van der Waals surface area contributed by atoms with Crippen molar-refractivity contribution in [2.75, 3.05) is 11.9 Å². The Morgan fingerprint density at radius 3 is 2.08 bits per heavy atom. The van der Waals surface area contributed by atoms with E-state index in [1.165, 1.54) is 10.5 Å². The van der Waals surface area contributed by atoms with Crippen LogP contribution in [0.2, 0.25) is 0 Å². The summed E-state index contributed by atoms with van der Waals surface area (Å²) in [6.45, 7) is 6.56. The highest BCUT2D eigenvalue weighted by Crippen LogP contribution is 2.35. The predicted molar refractivity (Wildman–Crippen MR) is 100 cm³/mol. The molecule has 0 bridgehead atoms. The van der Waals surface area contributed by atoms with Gasteiger partial charge in [0.05, 0.1) is 11.8 Å². The standard InChI is InChI=1S/C21H26N2O3/c1-21(2,3)14-8-10-15(11-9-14)22-18(24)12-13-23-19(25)16-6-4-5-7-17(16)20(23)26/h4-5,8-11,16-17H,6-7,12-13H2,1-3H3,(H,22,24)/t16-,17-/m1/s1. The quantitative estimate of drug-likeness (QED) is 0.667. The van der Waals surface area contributed by atoms with E-state index in [1.54, 1.807) is 0 Å². The summed E-state index contributed by atoms with van der Waals surface area (Å²) in [7, 11) is 0. The van der Waals surface area contributed by atoms with Gasteiger partial charge in [0.2, 0.25) is 17.7 Å². The van der Waals surface area contributed by atoms with Gasteiger partial charge >= 0.3 is 0 Å². The molecule has 1 N–H and O–H groups in total. The number of allylic oxidation sites excluding steroid dienone is 2. The third-order valence-electron chi connectivity index (χ3n) is 5.20. The van der Waals surface area contributed by atoms with Crippen LogP contribution in [0.4, 0.5) is 5.69 Å². The molecule has 5 nitrogen and oxygen atoms in total. The van der Waals surface area contributed by atoms with Crippen LogP contribution in [0.15, 0.2) is 36.4 Å². The lowest BCUT2D eigenvalue weighted by atomic mass is 9.85. The molecule has 0 aromatic heterocycles. The lowest BCUT2D eigenvalue weighted by Gasteiger charge is -2.19. The molecule has 0 radical (unpaired) electrons. The fourth-order valence-corrected chi connectivity index (χ4v) is 3.58. The fourth-order valence-electron chi connectivity index (χ4n) is 3.58. The maximum absolute atomic E-state index is 12.4. The number of anilines is 1. The van der Waals surface area contributed by atoms with E-state index in [0.717, 1.165) is 5.69 Å². The lowest BCUT2D eigenvalue weighted by molar-refractivity contribution is -0.140. The number of carbonyl (C=O) groups excluding carboxylic acids is 3. The molecule has 1 aliphatic carbocycles. The molecule has 1 aliphatic heterocycles. The molecule has 5 heteroatoms. The van der Waals surface area contributed by atoms with Crippen molar-refractivity contribution in [3.05, 3.63) is 42.0 Å². The molecule has 2 atom stereocenters. The largest absolute Gasteiger partial charge is 0.326 e. The molecular formula is C21H26N2O3. The maximum Gasteiger partial charge on any atom is 0.233 e. The SMILES string of the molecule is CC(C)(C)c1ccc(NC(=O)CCN2C(=O)[C@@H]3CC=CC[C@H]3C2=O)cc1. The van der Waals surface area contributed by atoms with E-state index in [2.05, 4.69) is 26.1 Å². The number of fused-ring (bicyclic) bond motifs is 1. The first-order valence-corrected chi connectivity index (χ1v) is 9.18. The van der Waals surface area contributed by atoms with Gasteiger partial charge in [-0.2, -0.15) is 0 Å². The molecule has 1 saturated heterocycles. The van der Waals surface area contributed by atoms with Crippen LogP contribution >= 0.6 is 0 Å². The van der Waals surface area contributed by atoms with E-state index < -0.39 is 0 Å². The lowest BCUT2D eigenvalue weighted by Crippen LogP contribution is -2.34. The summed E-state index contributed by atoms with van der Waals surface area (Å²) in [5.41, 5.74) is 1.98. The van der Waals surface area contributed by atoms with E-state index in [4.69, 9.17) is 0 Å². The summed E-state index contributed by atoms with van der Waals surface area (Å²) in [4.78, 5) is 38.3. The van der Waals surface area contributed by atoms with Crippen LogP contribution in [0.3, 0.4) is 0 Å². The van der Waals surface area contributed by atoms with Crippen molar-refractivity contribution in [1.29, 1.82) is 0 Å². The number of hydrogen-bond acceptors (Lipinski definition) is 3. The normalized spacial score (nSPS) is 22.5.